The van der Waals surface area contributed by atoms with Crippen molar-refractivity contribution >= 4 is 24.2 Å². The van der Waals surface area contributed by atoms with E-state index >= 15 is 0 Å². The van der Waals surface area contributed by atoms with Gasteiger partial charge in [-0.1, -0.05) is 32.0 Å². The molecule has 0 aliphatic carbocycles. The molecule has 0 saturated carbocycles. The van der Waals surface area contributed by atoms with Gasteiger partial charge in [-0.15, -0.1) is 12.4 Å². The second-order valence-corrected chi connectivity index (χ2v) is 7.30. The molecule has 146 valence electrons. The average Bonchev–Trinajstić information content (AvgIpc) is 2.60. The summed E-state index contributed by atoms with van der Waals surface area (Å²) in [5.41, 5.74) is 1.53. The molecule has 0 radical (unpaired) electrons. The highest BCUT2D eigenvalue weighted by atomic mass is 35.5. The summed E-state index contributed by atoms with van der Waals surface area (Å²) in [6.07, 6.45) is 3.41. The summed E-state index contributed by atoms with van der Waals surface area (Å²) < 4.78 is 0. The van der Waals surface area contributed by atoms with Crippen LogP contribution in [0.4, 0.5) is 0 Å². The fourth-order valence-corrected chi connectivity index (χ4v) is 3.26. The Morgan fingerprint density at radius 3 is 2.62 bits per heavy atom. The number of piperidine rings is 1. The molecule has 1 aromatic rings. The van der Waals surface area contributed by atoms with Crippen LogP contribution in [0, 0.1) is 18.8 Å². The fourth-order valence-electron chi connectivity index (χ4n) is 3.26. The van der Waals surface area contributed by atoms with Gasteiger partial charge in [0, 0.05) is 12.1 Å². The number of hydrogen-bond donors (Lipinski definition) is 3. The van der Waals surface area contributed by atoms with Crippen LogP contribution in [-0.2, 0) is 4.79 Å². The van der Waals surface area contributed by atoms with Crippen LogP contribution in [-0.4, -0.2) is 37.5 Å². The molecule has 2 atom stereocenters. The van der Waals surface area contributed by atoms with Crippen LogP contribution in [0.15, 0.2) is 24.3 Å². The molecule has 5 nitrogen and oxygen atoms in total. The van der Waals surface area contributed by atoms with Crippen LogP contribution in [0.25, 0.3) is 0 Å². The van der Waals surface area contributed by atoms with Gasteiger partial charge in [0.1, 0.15) is 6.04 Å². The summed E-state index contributed by atoms with van der Waals surface area (Å²) in [5, 5.41) is 9.29. The molecule has 0 bridgehead atoms. The first-order valence-corrected chi connectivity index (χ1v) is 9.34. The zero-order valence-corrected chi connectivity index (χ0v) is 16.8. The van der Waals surface area contributed by atoms with E-state index in [1.165, 1.54) is 12.8 Å². The Morgan fingerprint density at radius 1 is 1.27 bits per heavy atom. The summed E-state index contributed by atoms with van der Waals surface area (Å²) in [5.74, 6) is 0.376. The molecule has 0 spiro atoms. The van der Waals surface area contributed by atoms with Crippen molar-refractivity contribution in [2.45, 2.75) is 46.1 Å². The number of aryl methyl sites for hydroxylation is 1. The van der Waals surface area contributed by atoms with Crippen molar-refractivity contribution in [3.8, 4) is 0 Å². The van der Waals surface area contributed by atoms with Crippen molar-refractivity contribution in [3.63, 3.8) is 0 Å². The maximum absolute atomic E-state index is 12.5. The van der Waals surface area contributed by atoms with Crippen molar-refractivity contribution in [3.05, 3.63) is 35.4 Å². The molecule has 1 saturated heterocycles. The smallest absolute Gasteiger partial charge is 0.252 e. The van der Waals surface area contributed by atoms with E-state index in [0.29, 0.717) is 18.0 Å². The minimum absolute atomic E-state index is 0. The van der Waals surface area contributed by atoms with Crippen LogP contribution < -0.4 is 16.0 Å². The Labute approximate surface area is 163 Å². The molecule has 1 aliphatic rings. The molecule has 1 aromatic carbocycles. The molecule has 2 unspecified atom stereocenters. The van der Waals surface area contributed by atoms with Gasteiger partial charge in [-0.25, -0.2) is 0 Å². The van der Waals surface area contributed by atoms with Gasteiger partial charge >= 0.3 is 0 Å². The molecule has 1 heterocycles. The van der Waals surface area contributed by atoms with Crippen LogP contribution in [0.1, 0.15) is 49.0 Å². The molecular weight excluding hydrogens is 350 g/mol. The molecule has 3 N–H and O–H groups in total. The van der Waals surface area contributed by atoms with Crippen LogP contribution in [0.5, 0.6) is 0 Å². The summed E-state index contributed by atoms with van der Waals surface area (Å²) in [6.45, 7) is 8.60. The standard InChI is InChI=1S/C20H31N3O2.ClH/c1-14(2)18(23-19(24)17-9-5-4-7-15(17)3)20(25)22-12-10-16-8-6-11-21-13-16;/h4-5,7,9,14,16,18,21H,6,8,10-13H2,1-3H3,(H,22,25)(H,23,24);1H. The van der Waals surface area contributed by atoms with E-state index in [1.54, 1.807) is 6.07 Å². The van der Waals surface area contributed by atoms with Gasteiger partial charge in [-0.2, -0.15) is 0 Å². The van der Waals surface area contributed by atoms with Gasteiger partial charge in [0.2, 0.25) is 5.91 Å². The summed E-state index contributed by atoms with van der Waals surface area (Å²) in [4.78, 5) is 25.0. The van der Waals surface area contributed by atoms with Gasteiger partial charge in [-0.3, -0.25) is 9.59 Å². The van der Waals surface area contributed by atoms with Gasteiger partial charge < -0.3 is 16.0 Å². The number of hydrogen-bond acceptors (Lipinski definition) is 3. The van der Waals surface area contributed by atoms with Crippen molar-refractivity contribution in [1.29, 1.82) is 0 Å². The van der Waals surface area contributed by atoms with Crippen LogP contribution in [0.2, 0.25) is 0 Å². The number of carbonyl (C=O) groups excluding carboxylic acids is 2. The summed E-state index contributed by atoms with van der Waals surface area (Å²) in [7, 11) is 0. The molecule has 2 rings (SSSR count). The molecule has 1 aliphatic heterocycles. The summed E-state index contributed by atoms with van der Waals surface area (Å²) in [6, 6.07) is 6.91. The Morgan fingerprint density at radius 2 is 2.00 bits per heavy atom. The number of benzene rings is 1. The van der Waals surface area contributed by atoms with E-state index < -0.39 is 6.04 Å². The van der Waals surface area contributed by atoms with E-state index in [9.17, 15) is 9.59 Å². The van der Waals surface area contributed by atoms with Crippen LogP contribution >= 0.6 is 12.4 Å². The SMILES string of the molecule is Cc1ccccc1C(=O)NC(C(=O)NCCC1CCCNC1)C(C)C.Cl. The molecule has 2 amide bonds. The zero-order chi connectivity index (χ0) is 18.2. The molecule has 6 heteroatoms. The lowest BCUT2D eigenvalue weighted by Crippen LogP contribution is -2.50. The maximum Gasteiger partial charge on any atom is 0.252 e. The van der Waals surface area contributed by atoms with E-state index in [1.807, 2.05) is 39.0 Å². The number of halogens is 1. The Hall–Kier alpha value is -1.59. The topological polar surface area (TPSA) is 70.2 Å². The van der Waals surface area contributed by atoms with Gasteiger partial charge in [0.05, 0.1) is 0 Å². The second kappa shape index (κ2) is 11.2. The van der Waals surface area contributed by atoms with E-state index in [-0.39, 0.29) is 30.1 Å². The Bertz CT molecular complexity index is 586. The monoisotopic (exact) mass is 381 g/mol. The highest BCUT2D eigenvalue weighted by molar-refractivity contribution is 5.98. The minimum atomic E-state index is -0.517. The zero-order valence-electron chi connectivity index (χ0n) is 16.0. The first-order chi connectivity index (χ1) is 12.0. The summed E-state index contributed by atoms with van der Waals surface area (Å²) >= 11 is 0. The average molecular weight is 382 g/mol. The first kappa shape index (κ1) is 22.5. The van der Waals surface area contributed by atoms with Crippen molar-refractivity contribution < 1.29 is 9.59 Å². The lowest BCUT2D eigenvalue weighted by Gasteiger charge is -2.25. The van der Waals surface area contributed by atoms with Gasteiger partial charge in [-0.05, 0) is 62.7 Å². The number of rotatable bonds is 7. The fraction of sp³-hybridized carbons (Fsp3) is 0.600. The third kappa shape index (κ3) is 6.61. The third-order valence-corrected chi connectivity index (χ3v) is 4.88. The highest BCUT2D eigenvalue weighted by Gasteiger charge is 2.25. The van der Waals surface area contributed by atoms with Crippen molar-refractivity contribution in [2.24, 2.45) is 11.8 Å². The predicted molar refractivity (Wildman–Crippen MR) is 108 cm³/mol. The number of nitrogens with one attached hydrogen (secondary N) is 3. The number of carbonyl (C=O) groups is 2. The Kier molecular flexibility index (Phi) is 9.66. The molecule has 0 aromatic heterocycles. The second-order valence-electron chi connectivity index (χ2n) is 7.30. The number of amides is 2. The largest absolute Gasteiger partial charge is 0.354 e. The van der Waals surface area contributed by atoms with E-state index in [4.69, 9.17) is 0 Å². The molecular formula is C20H32ClN3O2. The predicted octanol–water partition coefficient (Wildman–Crippen LogP) is 2.68. The normalized spacial score (nSPS) is 17.9. The Balaban J connectivity index is 0.00000338. The first-order valence-electron chi connectivity index (χ1n) is 9.34. The maximum atomic E-state index is 12.5. The van der Waals surface area contributed by atoms with E-state index in [2.05, 4.69) is 16.0 Å². The van der Waals surface area contributed by atoms with E-state index in [0.717, 1.165) is 25.1 Å². The van der Waals surface area contributed by atoms with Crippen molar-refractivity contribution in [1.82, 2.24) is 16.0 Å². The third-order valence-electron chi connectivity index (χ3n) is 4.88. The quantitative estimate of drug-likeness (QED) is 0.680. The lowest BCUT2D eigenvalue weighted by molar-refractivity contribution is -0.124. The molecule has 1 fully saturated rings. The lowest BCUT2D eigenvalue weighted by atomic mass is 9.96. The highest BCUT2D eigenvalue weighted by Crippen LogP contribution is 2.13. The van der Waals surface area contributed by atoms with Crippen LogP contribution in [0.3, 0.4) is 0 Å². The van der Waals surface area contributed by atoms with Gasteiger partial charge in [0.15, 0.2) is 0 Å². The van der Waals surface area contributed by atoms with Crippen molar-refractivity contribution in [2.75, 3.05) is 19.6 Å². The van der Waals surface area contributed by atoms with Gasteiger partial charge in [0.25, 0.3) is 5.91 Å². The minimum Gasteiger partial charge on any atom is -0.354 e. The molecule has 26 heavy (non-hydrogen) atoms.